The number of nitrogens with zero attached hydrogens (tertiary/aromatic N) is 2. The van der Waals surface area contributed by atoms with Crippen molar-refractivity contribution >= 4 is 40.2 Å². The van der Waals surface area contributed by atoms with Gasteiger partial charge in [0.15, 0.2) is 0 Å². The number of carbonyl (C=O) groups is 1. The van der Waals surface area contributed by atoms with E-state index in [0.29, 0.717) is 17.1 Å². The maximum atomic E-state index is 11.4. The zero-order valence-electron chi connectivity index (χ0n) is 9.75. The van der Waals surface area contributed by atoms with Crippen molar-refractivity contribution in [2.24, 2.45) is 0 Å². The number of rotatable bonds is 4. The first kappa shape index (κ1) is 14.2. The SMILES string of the molecule is O=C(O)C(Cc1cccc(Cl)c1)c1ncncc1I. The zero-order chi connectivity index (χ0) is 13.8. The smallest absolute Gasteiger partial charge is 0.312 e. The van der Waals surface area contributed by atoms with Crippen LogP contribution in [-0.2, 0) is 11.2 Å². The van der Waals surface area contributed by atoms with Gasteiger partial charge in [-0.15, -0.1) is 0 Å². The number of halogens is 2. The lowest BCUT2D eigenvalue weighted by Crippen LogP contribution is -2.17. The Bertz CT molecular complexity index is 607. The van der Waals surface area contributed by atoms with E-state index in [4.69, 9.17) is 11.6 Å². The molecule has 6 heteroatoms. The Morgan fingerprint density at radius 3 is 2.89 bits per heavy atom. The van der Waals surface area contributed by atoms with Crippen LogP contribution in [0.2, 0.25) is 5.02 Å². The maximum Gasteiger partial charge on any atom is 0.312 e. The van der Waals surface area contributed by atoms with E-state index in [0.717, 1.165) is 9.13 Å². The summed E-state index contributed by atoms with van der Waals surface area (Å²) in [5, 5.41) is 9.98. The van der Waals surface area contributed by atoms with Gasteiger partial charge in [-0.3, -0.25) is 4.79 Å². The summed E-state index contributed by atoms with van der Waals surface area (Å²) in [6, 6.07) is 7.19. The molecule has 0 saturated heterocycles. The van der Waals surface area contributed by atoms with Gasteiger partial charge in [0.1, 0.15) is 12.2 Å². The molecule has 1 aromatic heterocycles. The summed E-state index contributed by atoms with van der Waals surface area (Å²) in [4.78, 5) is 19.4. The first-order chi connectivity index (χ1) is 9.08. The molecule has 0 aliphatic carbocycles. The third-order valence-electron chi connectivity index (χ3n) is 2.65. The summed E-state index contributed by atoms with van der Waals surface area (Å²) < 4.78 is 0.745. The molecule has 1 aromatic carbocycles. The summed E-state index contributed by atoms with van der Waals surface area (Å²) in [7, 11) is 0. The number of aromatic nitrogens is 2. The van der Waals surface area contributed by atoms with Crippen molar-refractivity contribution in [3.05, 3.63) is 56.6 Å². The summed E-state index contributed by atoms with van der Waals surface area (Å²) in [6.07, 6.45) is 3.32. The lowest BCUT2D eigenvalue weighted by Gasteiger charge is -2.13. The molecule has 1 atom stereocenters. The fraction of sp³-hybridized carbons (Fsp3) is 0.154. The van der Waals surface area contributed by atoms with Crippen molar-refractivity contribution < 1.29 is 9.90 Å². The predicted octanol–water partition coefficient (Wildman–Crippen LogP) is 3.15. The Morgan fingerprint density at radius 2 is 2.26 bits per heavy atom. The van der Waals surface area contributed by atoms with E-state index >= 15 is 0 Å². The van der Waals surface area contributed by atoms with E-state index in [-0.39, 0.29) is 0 Å². The fourth-order valence-electron chi connectivity index (χ4n) is 1.78. The van der Waals surface area contributed by atoms with Crippen LogP contribution >= 0.6 is 34.2 Å². The molecule has 98 valence electrons. The monoisotopic (exact) mass is 388 g/mol. The maximum absolute atomic E-state index is 11.4. The zero-order valence-corrected chi connectivity index (χ0v) is 12.7. The van der Waals surface area contributed by atoms with Crippen LogP contribution in [0.3, 0.4) is 0 Å². The number of carboxylic acids is 1. The van der Waals surface area contributed by atoms with Crippen molar-refractivity contribution in [1.82, 2.24) is 9.97 Å². The van der Waals surface area contributed by atoms with E-state index in [1.54, 1.807) is 18.3 Å². The number of carboxylic acid groups (broad SMARTS) is 1. The van der Waals surface area contributed by atoms with Crippen molar-refractivity contribution in [1.29, 1.82) is 0 Å². The molecule has 1 unspecified atom stereocenters. The summed E-state index contributed by atoms with van der Waals surface area (Å²) in [5.41, 5.74) is 1.40. The highest BCUT2D eigenvalue weighted by molar-refractivity contribution is 14.1. The van der Waals surface area contributed by atoms with Crippen LogP contribution in [0.5, 0.6) is 0 Å². The highest BCUT2D eigenvalue weighted by atomic mass is 127. The van der Waals surface area contributed by atoms with Crippen LogP contribution in [0.15, 0.2) is 36.8 Å². The summed E-state index contributed by atoms with van der Waals surface area (Å²) >= 11 is 7.95. The predicted molar refractivity (Wildman–Crippen MR) is 80.3 cm³/mol. The average molecular weight is 389 g/mol. The van der Waals surface area contributed by atoms with E-state index in [1.165, 1.54) is 6.33 Å². The molecular weight excluding hydrogens is 379 g/mol. The van der Waals surface area contributed by atoms with Crippen LogP contribution in [-0.4, -0.2) is 21.0 Å². The number of benzene rings is 1. The lowest BCUT2D eigenvalue weighted by molar-refractivity contribution is -0.138. The number of aliphatic carboxylic acids is 1. The van der Waals surface area contributed by atoms with Gasteiger partial charge in [-0.2, -0.15) is 0 Å². The fourth-order valence-corrected chi connectivity index (χ4v) is 2.67. The van der Waals surface area contributed by atoms with Crippen molar-refractivity contribution in [3.63, 3.8) is 0 Å². The molecule has 0 saturated carbocycles. The van der Waals surface area contributed by atoms with Crippen LogP contribution in [0.4, 0.5) is 0 Å². The van der Waals surface area contributed by atoms with Gasteiger partial charge in [-0.05, 0) is 46.7 Å². The van der Waals surface area contributed by atoms with E-state index in [9.17, 15) is 9.90 Å². The van der Waals surface area contributed by atoms with Gasteiger partial charge >= 0.3 is 5.97 Å². The molecule has 0 aliphatic heterocycles. The topological polar surface area (TPSA) is 63.1 Å². The minimum atomic E-state index is -0.906. The van der Waals surface area contributed by atoms with Gasteiger partial charge in [0.2, 0.25) is 0 Å². The summed E-state index contributed by atoms with van der Waals surface area (Å²) in [5.74, 6) is -1.61. The molecule has 0 bridgehead atoms. The third kappa shape index (κ3) is 3.63. The van der Waals surface area contributed by atoms with Gasteiger partial charge in [0, 0.05) is 11.2 Å². The average Bonchev–Trinajstić information content (AvgIpc) is 2.37. The quantitative estimate of drug-likeness (QED) is 0.818. The molecule has 19 heavy (non-hydrogen) atoms. The van der Waals surface area contributed by atoms with Crippen LogP contribution in [0, 0.1) is 3.57 Å². The van der Waals surface area contributed by atoms with Gasteiger partial charge in [0.05, 0.1) is 9.26 Å². The first-order valence-electron chi connectivity index (χ1n) is 5.50. The molecule has 0 spiro atoms. The standard InChI is InChI=1S/C13H10ClIN2O2/c14-9-3-1-2-8(4-9)5-10(13(18)19)12-11(15)6-16-7-17-12/h1-4,6-7,10H,5H2,(H,18,19). The minimum Gasteiger partial charge on any atom is -0.481 e. The molecule has 1 heterocycles. The number of hydrogen-bond donors (Lipinski definition) is 1. The number of hydrogen-bond acceptors (Lipinski definition) is 3. The Balaban J connectivity index is 2.32. The van der Waals surface area contributed by atoms with E-state index in [1.807, 2.05) is 34.7 Å². The second kappa shape index (κ2) is 6.29. The minimum absolute atomic E-state index is 0.350. The Morgan fingerprint density at radius 1 is 1.47 bits per heavy atom. The highest BCUT2D eigenvalue weighted by Gasteiger charge is 2.24. The molecule has 4 nitrogen and oxygen atoms in total. The van der Waals surface area contributed by atoms with Gasteiger partial charge in [-0.1, -0.05) is 23.7 Å². The molecule has 2 aromatic rings. The molecule has 1 N–H and O–H groups in total. The van der Waals surface area contributed by atoms with Gasteiger partial charge in [0.25, 0.3) is 0 Å². The van der Waals surface area contributed by atoms with Crippen molar-refractivity contribution in [2.75, 3.05) is 0 Å². The second-order valence-corrected chi connectivity index (χ2v) is 5.58. The van der Waals surface area contributed by atoms with Gasteiger partial charge in [-0.25, -0.2) is 9.97 Å². The third-order valence-corrected chi connectivity index (χ3v) is 3.72. The normalized spacial score (nSPS) is 12.1. The van der Waals surface area contributed by atoms with E-state index in [2.05, 4.69) is 9.97 Å². The van der Waals surface area contributed by atoms with Crippen molar-refractivity contribution in [2.45, 2.75) is 12.3 Å². The largest absolute Gasteiger partial charge is 0.481 e. The Hall–Kier alpha value is -1.21. The van der Waals surface area contributed by atoms with Gasteiger partial charge < -0.3 is 5.11 Å². The highest BCUT2D eigenvalue weighted by Crippen LogP contribution is 2.24. The molecule has 0 aliphatic rings. The van der Waals surface area contributed by atoms with Crippen LogP contribution in [0.1, 0.15) is 17.2 Å². The lowest BCUT2D eigenvalue weighted by atomic mass is 9.96. The van der Waals surface area contributed by atoms with Crippen LogP contribution < -0.4 is 0 Å². The Kier molecular flexibility index (Phi) is 4.71. The molecule has 0 fully saturated rings. The summed E-state index contributed by atoms with van der Waals surface area (Å²) in [6.45, 7) is 0. The first-order valence-corrected chi connectivity index (χ1v) is 6.96. The molecule has 0 radical (unpaired) electrons. The molecule has 2 rings (SSSR count). The molecular formula is C13H10ClIN2O2. The van der Waals surface area contributed by atoms with Crippen molar-refractivity contribution in [3.8, 4) is 0 Å². The second-order valence-electron chi connectivity index (χ2n) is 3.98. The van der Waals surface area contributed by atoms with E-state index < -0.39 is 11.9 Å². The Labute approximate surface area is 129 Å². The van der Waals surface area contributed by atoms with Crippen LogP contribution in [0.25, 0.3) is 0 Å². The molecule has 0 amide bonds.